The molecule has 16 heavy (non-hydrogen) atoms. The highest BCUT2D eigenvalue weighted by molar-refractivity contribution is 5.72. The first-order valence-electron chi connectivity index (χ1n) is 5.55. The first-order valence-corrected chi connectivity index (χ1v) is 5.55. The van der Waals surface area contributed by atoms with Crippen molar-refractivity contribution in [3.05, 3.63) is 35.4 Å². The third kappa shape index (κ3) is 2.83. The van der Waals surface area contributed by atoms with Crippen molar-refractivity contribution < 1.29 is 15.0 Å². The molecule has 0 heterocycles. The van der Waals surface area contributed by atoms with Crippen molar-refractivity contribution in [3.8, 4) is 0 Å². The maximum atomic E-state index is 10.7. The third-order valence-electron chi connectivity index (χ3n) is 2.77. The highest BCUT2D eigenvalue weighted by atomic mass is 16.4. The molecule has 0 fully saturated rings. The van der Waals surface area contributed by atoms with Gasteiger partial charge in [0.2, 0.25) is 0 Å². The SMILES string of the molecule is CCCC(C)c1ccccc1C(O)C(=O)[O-]. The minimum absolute atomic E-state index is 0.246. The van der Waals surface area contributed by atoms with E-state index in [2.05, 4.69) is 6.92 Å². The van der Waals surface area contributed by atoms with E-state index in [0.29, 0.717) is 5.56 Å². The first kappa shape index (κ1) is 12.7. The number of hydrogen-bond donors (Lipinski definition) is 1. The highest BCUT2D eigenvalue weighted by Gasteiger charge is 2.16. The Balaban J connectivity index is 3.04. The van der Waals surface area contributed by atoms with Crippen molar-refractivity contribution in [1.82, 2.24) is 0 Å². The number of carbonyl (C=O) groups excluding carboxylic acids is 1. The van der Waals surface area contributed by atoms with Gasteiger partial charge in [0.25, 0.3) is 0 Å². The standard InChI is InChI=1S/C13H18O3/c1-3-6-9(2)10-7-4-5-8-11(10)12(14)13(15)16/h4-5,7-9,12,14H,3,6H2,1-2H3,(H,15,16)/p-1. The molecule has 0 spiro atoms. The fraction of sp³-hybridized carbons (Fsp3) is 0.462. The minimum atomic E-state index is -1.53. The van der Waals surface area contributed by atoms with E-state index in [0.717, 1.165) is 18.4 Å². The number of rotatable bonds is 5. The van der Waals surface area contributed by atoms with Gasteiger partial charge in [0.15, 0.2) is 0 Å². The molecule has 0 saturated heterocycles. The van der Waals surface area contributed by atoms with E-state index in [1.165, 1.54) is 0 Å². The Morgan fingerprint density at radius 3 is 2.44 bits per heavy atom. The van der Waals surface area contributed by atoms with E-state index in [-0.39, 0.29) is 5.92 Å². The number of benzene rings is 1. The molecule has 2 atom stereocenters. The monoisotopic (exact) mass is 221 g/mol. The van der Waals surface area contributed by atoms with Gasteiger partial charge in [-0.05, 0) is 23.5 Å². The van der Waals surface area contributed by atoms with Crippen LogP contribution in [0.15, 0.2) is 24.3 Å². The maximum Gasteiger partial charge on any atom is 0.119 e. The number of aliphatic hydroxyl groups excluding tert-OH is 1. The smallest absolute Gasteiger partial charge is 0.119 e. The molecule has 0 bridgehead atoms. The van der Waals surface area contributed by atoms with Gasteiger partial charge in [-0.1, -0.05) is 44.5 Å². The van der Waals surface area contributed by atoms with Crippen molar-refractivity contribution >= 4 is 5.97 Å². The van der Waals surface area contributed by atoms with Crippen molar-refractivity contribution in [3.63, 3.8) is 0 Å². The van der Waals surface area contributed by atoms with Crippen LogP contribution in [0, 0.1) is 0 Å². The molecule has 0 amide bonds. The lowest BCUT2D eigenvalue weighted by atomic mass is 9.90. The molecular weight excluding hydrogens is 204 g/mol. The summed E-state index contributed by atoms with van der Waals surface area (Å²) in [6.45, 7) is 4.11. The van der Waals surface area contributed by atoms with Gasteiger partial charge in [0.05, 0.1) is 5.97 Å². The molecule has 0 saturated carbocycles. The predicted octanol–water partition coefficient (Wildman–Crippen LogP) is 1.37. The number of hydrogen-bond acceptors (Lipinski definition) is 3. The Kier molecular flexibility index (Phi) is 4.50. The van der Waals surface area contributed by atoms with Crippen molar-refractivity contribution in [1.29, 1.82) is 0 Å². The fourth-order valence-corrected chi connectivity index (χ4v) is 1.92. The Morgan fingerprint density at radius 1 is 1.38 bits per heavy atom. The lowest BCUT2D eigenvalue weighted by Crippen LogP contribution is -2.30. The zero-order valence-corrected chi connectivity index (χ0v) is 9.64. The number of aliphatic hydroxyl groups is 1. The lowest BCUT2D eigenvalue weighted by Gasteiger charge is -2.20. The number of carboxylic acids is 1. The Hall–Kier alpha value is -1.35. The molecule has 0 aliphatic carbocycles. The van der Waals surface area contributed by atoms with Crippen molar-refractivity contribution in [2.45, 2.75) is 38.7 Å². The number of carboxylic acid groups (broad SMARTS) is 1. The summed E-state index contributed by atoms with van der Waals surface area (Å²) < 4.78 is 0. The molecule has 1 aromatic rings. The molecule has 3 nitrogen and oxygen atoms in total. The Labute approximate surface area is 95.7 Å². The van der Waals surface area contributed by atoms with E-state index in [4.69, 9.17) is 0 Å². The van der Waals surface area contributed by atoms with Crippen LogP contribution >= 0.6 is 0 Å². The molecular formula is C13H17O3-. The average molecular weight is 221 g/mol. The normalized spacial score (nSPS) is 14.4. The van der Waals surface area contributed by atoms with E-state index >= 15 is 0 Å². The van der Waals surface area contributed by atoms with Gasteiger partial charge in [-0.25, -0.2) is 0 Å². The van der Waals surface area contributed by atoms with Crippen LogP contribution in [-0.4, -0.2) is 11.1 Å². The average Bonchev–Trinajstić information content (AvgIpc) is 2.28. The van der Waals surface area contributed by atoms with Crippen LogP contribution < -0.4 is 5.11 Å². The first-order chi connectivity index (χ1) is 7.57. The summed E-state index contributed by atoms with van der Waals surface area (Å²) in [7, 11) is 0. The highest BCUT2D eigenvalue weighted by Crippen LogP contribution is 2.27. The molecule has 0 radical (unpaired) electrons. The predicted molar refractivity (Wildman–Crippen MR) is 59.7 cm³/mol. The van der Waals surface area contributed by atoms with Crippen LogP contribution in [0.3, 0.4) is 0 Å². The second-order valence-corrected chi connectivity index (χ2v) is 4.04. The van der Waals surface area contributed by atoms with Gasteiger partial charge in [-0.2, -0.15) is 0 Å². The van der Waals surface area contributed by atoms with Crippen LogP contribution in [0.1, 0.15) is 49.8 Å². The van der Waals surface area contributed by atoms with Crippen LogP contribution in [0.25, 0.3) is 0 Å². The number of carbonyl (C=O) groups is 1. The second-order valence-electron chi connectivity index (χ2n) is 4.04. The van der Waals surface area contributed by atoms with E-state index in [1.54, 1.807) is 12.1 Å². The number of aliphatic carboxylic acids is 1. The Morgan fingerprint density at radius 2 is 1.94 bits per heavy atom. The van der Waals surface area contributed by atoms with Crippen LogP contribution in [0.2, 0.25) is 0 Å². The van der Waals surface area contributed by atoms with Crippen LogP contribution in [0.4, 0.5) is 0 Å². The summed E-state index contributed by atoms with van der Waals surface area (Å²) in [6.07, 6.45) is 0.462. The summed E-state index contributed by atoms with van der Waals surface area (Å²) in [5, 5.41) is 20.2. The molecule has 1 rings (SSSR count). The summed E-state index contributed by atoms with van der Waals surface area (Å²) in [5.41, 5.74) is 1.34. The largest absolute Gasteiger partial charge is 0.547 e. The molecule has 0 aliphatic rings. The zero-order chi connectivity index (χ0) is 12.1. The molecule has 1 aromatic carbocycles. The minimum Gasteiger partial charge on any atom is -0.547 e. The van der Waals surface area contributed by atoms with E-state index in [9.17, 15) is 15.0 Å². The quantitative estimate of drug-likeness (QED) is 0.817. The maximum absolute atomic E-state index is 10.7. The lowest BCUT2D eigenvalue weighted by molar-refractivity contribution is -0.315. The van der Waals surface area contributed by atoms with Gasteiger partial charge in [-0.3, -0.25) is 0 Å². The van der Waals surface area contributed by atoms with Gasteiger partial charge in [0.1, 0.15) is 6.10 Å². The molecule has 0 aromatic heterocycles. The van der Waals surface area contributed by atoms with Gasteiger partial charge in [0, 0.05) is 0 Å². The van der Waals surface area contributed by atoms with Gasteiger partial charge >= 0.3 is 0 Å². The summed E-state index contributed by atoms with van der Waals surface area (Å²) >= 11 is 0. The van der Waals surface area contributed by atoms with Crippen molar-refractivity contribution in [2.75, 3.05) is 0 Å². The topological polar surface area (TPSA) is 60.4 Å². The molecule has 2 unspecified atom stereocenters. The Bertz CT molecular complexity index is 360. The molecule has 88 valence electrons. The summed E-state index contributed by atoms with van der Waals surface area (Å²) in [6, 6.07) is 7.08. The summed E-state index contributed by atoms with van der Waals surface area (Å²) in [5.74, 6) is -1.20. The van der Waals surface area contributed by atoms with Gasteiger partial charge in [-0.15, -0.1) is 0 Å². The molecule has 0 aliphatic heterocycles. The fourth-order valence-electron chi connectivity index (χ4n) is 1.92. The van der Waals surface area contributed by atoms with Gasteiger partial charge < -0.3 is 15.0 Å². The zero-order valence-electron chi connectivity index (χ0n) is 9.64. The molecule has 3 heteroatoms. The van der Waals surface area contributed by atoms with Crippen LogP contribution in [-0.2, 0) is 4.79 Å². The van der Waals surface area contributed by atoms with E-state index in [1.807, 2.05) is 19.1 Å². The van der Waals surface area contributed by atoms with Crippen molar-refractivity contribution in [2.24, 2.45) is 0 Å². The second kappa shape index (κ2) is 5.66. The molecule has 1 N–H and O–H groups in total. The summed E-state index contributed by atoms with van der Waals surface area (Å²) in [4.78, 5) is 10.7. The van der Waals surface area contributed by atoms with Crippen LogP contribution in [0.5, 0.6) is 0 Å². The third-order valence-corrected chi connectivity index (χ3v) is 2.77. The van der Waals surface area contributed by atoms with E-state index < -0.39 is 12.1 Å².